The van der Waals surface area contributed by atoms with Crippen LogP contribution in [0.25, 0.3) is 0 Å². The van der Waals surface area contributed by atoms with Gasteiger partial charge in [0.05, 0.1) is 0 Å². The summed E-state index contributed by atoms with van der Waals surface area (Å²) in [5.41, 5.74) is -1.22. The molecule has 1 saturated carbocycles. The fourth-order valence-corrected chi connectivity index (χ4v) is 4.58. The minimum Gasteiger partial charge on any atom is -0.479 e. The Kier molecular flexibility index (Phi) is 6.54. The van der Waals surface area contributed by atoms with Crippen molar-refractivity contribution in [2.45, 2.75) is 57.5 Å². The summed E-state index contributed by atoms with van der Waals surface area (Å²) in [6.07, 6.45) is 12.6. The third-order valence-corrected chi connectivity index (χ3v) is 5.96. The average molecular weight is 400 g/mol. The molecular formula is C19H30BrNO3. The Labute approximate surface area is 153 Å². The molecule has 0 radical (unpaired) electrons. The number of nitrogens with zero attached hydrogens (tertiary/aromatic N) is 1. The number of aliphatic carboxylic acids is 1. The zero-order valence-corrected chi connectivity index (χ0v) is 16.4. The highest BCUT2D eigenvalue weighted by atomic mass is 79.9. The highest BCUT2D eigenvalue weighted by Gasteiger charge is 2.57. The molecule has 5 heteroatoms. The van der Waals surface area contributed by atoms with E-state index in [2.05, 4.69) is 26.9 Å². The number of alkyl halides is 1. The molecule has 3 aliphatic rings. The third kappa shape index (κ3) is 3.43. The molecule has 0 amide bonds. The lowest BCUT2D eigenvalue weighted by atomic mass is 9.62. The topological polar surface area (TPSA) is 60.8 Å². The smallest absolute Gasteiger partial charge is 0.336 e. The van der Waals surface area contributed by atoms with Crippen molar-refractivity contribution in [2.75, 3.05) is 18.9 Å². The molecule has 24 heavy (non-hydrogen) atoms. The lowest BCUT2D eigenvalue weighted by Gasteiger charge is -2.46. The fraction of sp³-hybridized carbons (Fsp3) is 0.737. The van der Waals surface area contributed by atoms with Gasteiger partial charge < -0.3 is 15.1 Å². The number of rotatable bonds is 4. The van der Waals surface area contributed by atoms with E-state index in [1.54, 1.807) is 0 Å². The normalized spacial score (nSPS) is 29.7. The van der Waals surface area contributed by atoms with Crippen LogP contribution in [-0.2, 0) is 4.79 Å². The van der Waals surface area contributed by atoms with Gasteiger partial charge in [0.1, 0.15) is 0 Å². The summed E-state index contributed by atoms with van der Waals surface area (Å²) in [5.74, 6) is 0.610. The molecule has 1 heterocycles. The molecule has 0 bridgehead atoms. The molecule has 1 saturated heterocycles. The second kappa shape index (κ2) is 8.05. The predicted molar refractivity (Wildman–Crippen MR) is 100 cm³/mol. The lowest BCUT2D eigenvalue weighted by molar-refractivity contribution is -0.180. The van der Waals surface area contributed by atoms with Crippen molar-refractivity contribution in [3.63, 3.8) is 0 Å². The molecule has 0 aromatic heterocycles. The van der Waals surface area contributed by atoms with Crippen molar-refractivity contribution >= 4 is 21.9 Å². The Morgan fingerprint density at radius 3 is 2.38 bits per heavy atom. The molecule has 2 fully saturated rings. The Morgan fingerprint density at radius 2 is 1.83 bits per heavy atom. The standard InChI is InChI=1S/C18H27NO3.CH3Br/c1-17(18(22,16(20)21)14-7-2-3-8-14)10-6-9-15(13-17)19-11-4-5-12-19;1-2/h6,9-10,14,22H,2-5,7-8,11-13H2,1H3,(H,20,21);1H3. The van der Waals surface area contributed by atoms with E-state index in [9.17, 15) is 15.0 Å². The SMILES string of the molecule is CBr.CC1(C(O)(C(=O)O)C2CCCC2)C=CC=C(N2CCCC2)C1. The second-order valence-electron chi connectivity index (χ2n) is 7.36. The zero-order valence-electron chi connectivity index (χ0n) is 14.8. The van der Waals surface area contributed by atoms with Crippen LogP contribution in [0.3, 0.4) is 0 Å². The van der Waals surface area contributed by atoms with Crippen LogP contribution in [0.15, 0.2) is 23.9 Å². The van der Waals surface area contributed by atoms with Crippen LogP contribution in [0.4, 0.5) is 0 Å². The average Bonchev–Trinajstić information content (AvgIpc) is 3.29. The summed E-state index contributed by atoms with van der Waals surface area (Å²) in [6, 6.07) is 0. The number of halogens is 1. The monoisotopic (exact) mass is 399 g/mol. The minimum absolute atomic E-state index is 0.141. The quantitative estimate of drug-likeness (QED) is 0.702. The van der Waals surface area contributed by atoms with Gasteiger partial charge in [0.25, 0.3) is 0 Å². The summed E-state index contributed by atoms with van der Waals surface area (Å²) in [5, 5.41) is 21.1. The van der Waals surface area contributed by atoms with Crippen molar-refractivity contribution in [1.29, 1.82) is 0 Å². The van der Waals surface area contributed by atoms with E-state index in [0.29, 0.717) is 6.42 Å². The molecule has 4 nitrogen and oxygen atoms in total. The number of carboxylic acid groups (broad SMARTS) is 1. The van der Waals surface area contributed by atoms with Gasteiger partial charge in [0.15, 0.2) is 5.60 Å². The van der Waals surface area contributed by atoms with Crippen LogP contribution in [0.2, 0.25) is 0 Å². The Hall–Kier alpha value is -0.810. The van der Waals surface area contributed by atoms with E-state index >= 15 is 0 Å². The van der Waals surface area contributed by atoms with E-state index in [1.807, 2.05) is 24.9 Å². The van der Waals surface area contributed by atoms with E-state index in [4.69, 9.17) is 0 Å². The molecule has 136 valence electrons. The third-order valence-electron chi connectivity index (χ3n) is 5.96. The van der Waals surface area contributed by atoms with Gasteiger partial charge in [-0.05, 0) is 49.9 Å². The first-order valence-corrected chi connectivity index (χ1v) is 10.5. The highest BCUT2D eigenvalue weighted by molar-refractivity contribution is 9.08. The van der Waals surface area contributed by atoms with E-state index in [0.717, 1.165) is 38.8 Å². The van der Waals surface area contributed by atoms with Crippen LogP contribution in [0.1, 0.15) is 51.9 Å². The van der Waals surface area contributed by atoms with Gasteiger partial charge in [-0.25, -0.2) is 4.79 Å². The Bertz CT molecular complexity index is 507. The molecule has 1 aliphatic heterocycles. The number of carbonyl (C=O) groups is 1. The summed E-state index contributed by atoms with van der Waals surface area (Å²) in [4.78, 5) is 14.4. The van der Waals surface area contributed by atoms with Crippen LogP contribution < -0.4 is 0 Å². The number of carboxylic acids is 1. The van der Waals surface area contributed by atoms with Gasteiger partial charge in [-0.1, -0.05) is 47.8 Å². The van der Waals surface area contributed by atoms with E-state index in [1.165, 1.54) is 18.5 Å². The number of hydrogen-bond acceptors (Lipinski definition) is 3. The summed E-state index contributed by atoms with van der Waals surface area (Å²) >= 11 is 2.94. The van der Waals surface area contributed by atoms with Gasteiger partial charge in [-0.15, -0.1) is 0 Å². The minimum atomic E-state index is -1.67. The molecule has 2 N–H and O–H groups in total. The first-order valence-electron chi connectivity index (χ1n) is 8.94. The molecule has 3 rings (SSSR count). The maximum atomic E-state index is 12.0. The van der Waals surface area contributed by atoms with Gasteiger partial charge in [0.2, 0.25) is 0 Å². The van der Waals surface area contributed by atoms with Crippen LogP contribution in [0, 0.1) is 11.3 Å². The van der Waals surface area contributed by atoms with Crippen molar-refractivity contribution in [3.05, 3.63) is 23.9 Å². The number of aliphatic hydroxyl groups is 1. The number of likely N-dealkylation sites (tertiary alicyclic amines) is 1. The van der Waals surface area contributed by atoms with Crippen LogP contribution in [0.5, 0.6) is 0 Å². The maximum absolute atomic E-state index is 12.0. The van der Waals surface area contributed by atoms with E-state index in [-0.39, 0.29) is 5.92 Å². The molecule has 2 atom stereocenters. The molecular weight excluding hydrogens is 370 g/mol. The Balaban J connectivity index is 0.00000100. The van der Waals surface area contributed by atoms with Crippen molar-refractivity contribution in [3.8, 4) is 0 Å². The van der Waals surface area contributed by atoms with Crippen LogP contribution >= 0.6 is 15.9 Å². The van der Waals surface area contributed by atoms with Crippen molar-refractivity contribution in [1.82, 2.24) is 4.90 Å². The largest absolute Gasteiger partial charge is 0.479 e. The summed E-state index contributed by atoms with van der Waals surface area (Å²) in [6.45, 7) is 4.01. The molecule has 0 spiro atoms. The van der Waals surface area contributed by atoms with Crippen molar-refractivity contribution < 1.29 is 15.0 Å². The van der Waals surface area contributed by atoms with Gasteiger partial charge >= 0.3 is 5.97 Å². The van der Waals surface area contributed by atoms with Crippen molar-refractivity contribution in [2.24, 2.45) is 11.3 Å². The Morgan fingerprint density at radius 1 is 1.25 bits per heavy atom. The summed E-state index contributed by atoms with van der Waals surface area (Å²) < 4.78 is 0. The van der Waals surface area contributed by atoms with Gasteiger partial charge in [0, 0.05) is 24.2 Å². The second-order valence-corrected chi connectivity index (χ2v) is 7.36. The molecule has 0 aromatic rings. The van der Waals surface area contributed by atoms with Crippen LogP contribution in [-0.4, -0.2) is 45.6 Å². The molecule has 2 aliphatic carbocycles. The first kappa shape index (κ1) is 19.5. The maximum Gasteiger partial charge on any atom is 0.336 e. The molecule has 0 aromatic carbocycles. The highest BCUT2D eigenvalue weighted by Crippen LogP contribution is 2.50. The number of hydrogen-bond donors (Lipinski definition) is 2. The predicted octanol–water partition coefficient (Wildman–Crippen LogP) is 3.95. The molecule has 2 unspecified atom stereocenters. The van der Waals surface area contributed by atoms with Gasteiger partial charge in [-0.2, -0.15) is 0 Å². The lowest BCUT2D eigenvalue weighted by Crippen LogP contribution is -2.57. The number of allylic oxidation sites excluding steroid dienone is 3. The first-order chi connectivity index (χ1) is 11.5. The van der Waals surface area contributed by atoms with Gasteiger partial charge in [-0.3, -0.25) is 0 Å². The van der Waals surface area contributed by atoms with E-state index < -0.39 is 17.0 Å². The summed E-state index contributed by atoms with van der Waals surface area (Å²) in [7, 11) is 0. The zero-order chi connectivity index (χ0) is 17.8. The fourth-order valence-electron chi connectivity index (χ4n) is 4.58.